The van der Waals surface area contributed by atoms with Gasteiger partial charge in [-0.05, 0) is 77.4 Å². The van der Waals surface area contributed by atoms with Crippen LogP contribution in [0, 0.1) is 14.9 Å². The minimum atomic E-state index is -0.850. The number of fused-ring (bicyclic) bond motifs is 9. The topological polar surface area (TPSA) is 100 Å². The lowest BCUT2D eigenvalue weighted by Crippen LogP contribution is -2.51. The van der Waals surface area contributed by atoms with E-state index in [0.29, 0.717) is 30.8 Å². The second-order valence-electron chi connectivity index (χ2n) is 7.77. The third-order valence-electron chi connectivity index (χ3n) is 5.35. The number of carbonyl (C=O) groups excluding carboxylic acids is 2. The van der Waals surface area contributed by atoms with Gasteiger partial charge < -0.3 is 20.1 Å². The van der Waals surface area contributed by atoms with E-state index in [1.165, 1.54) is 0 Å². The molecule has 164 valence electrons. The summed E-state index contributed by atoms with van der Waals surface area (Å²) in [6, 6.07) is 13.9. The monoisotopic (exact) mass is 543 g/mol. The molecule has 2 heterocycles. The highest BCUT2D eigenvalue weighted by molar-refractivity contribution is 14.1. The number of nitrogens with zero attached hydrogens (tertiary/aromatic N) is 1. The molecule has 2 amide bonds. The van der Waals surface area contributed by atoms with Crippen LogP contribution in [0.15, 0.2) is 54.6 Å². The molecule has 1 atom stereocenters. The number of nitriles is 1. The number of benzene rings is 2. The molecule has 2 N–H and O–H groups in total. The van der Waals surface area contributed by atoms with E-state index in [1.54, 1.807) is 24.3 Å². The van der Waals surface area contributed by atoms with Crippen LogP contribution in [0.2, 0.25) is 0 Å². The highest BCUT2D eigenvalue weighted by Gasteiger charge is 2.45. The van der Waals surface area contributed by atoms with Crippen LogP contribution in [-0.2, 0) is 11.2 Å². The maximum atomic E-state index is 13.1. The minimum absolute atomic E-state index is 0.276. The Morgan fingerprint density at radius 1 is 1.12 bits per heavy atom. The summed E-state index contributed by atoms with van der Waals surface area (Å²) >= 11 is 2.19. The second kappa shape index (κ2) is 9.61. The molecule has 7 nitrogen and oxygen atoms in total. The number of ether oxygens (including phenoxy) is 2. The van der Waals surface area contributed by atoms with Crippen molar-refractivity contribution in [3.8, 4) is 17.6 Å². The van der Waals surface area contributed by atoms with Crippen molar-refractivity contribution in [1.82, 2.24) is 10.6 Å². The van der Waals surface area contributed by atoms with Gasteiger partial charge in [-0.1, -0.05) is 18.2 Å². The summed E-state index contributed by atoms with van der Waals surface area (Å²) in [6.07, 6.45) is 5.20. The summed E-state index contributed by atoms with van der Waals surface area (Å²) in [7, 11) is 0. The van der Waals surface area contributed by atoms with E-state index < -0.39 is 17.5 Å². The zero-order chi connectivity index (χ0) is 22.6. The number of hydrogen-bond donors (Lipinski definition) is 2. The molecule has 0 radical (unpaired) electrons. The first-order valence-corrected chi connectivity index (χ1v) is 11.4. The van der Waals surface area contributed by atoms with Crippen molar-refractivity contribution in [3.63, 3.8) is 0 Å². The predicted molar refractivity (Wildman–Crippen MR) is 126 cm³/mol. The lowest BCUT2D eigenvalue weighted by Gasteiger charge is -2.21. The molecule has 8 heteroatoms. The Labute approximate surface area is 199 Å². The van der Waals surface area contributed by atoms with Crippen LogP contribution < -0.4 is 20.1 Å². The fourth-order valence-corrected chi connectivity index (χ4v) is 4.11. The summed E-state index contributed by atoms with van der Waals surface area (Å²) in [4.78, 5) is 26.2. The van der Waals surface area contributed by atoms with Crippen molar-refractivity contribution in [2.75, 3.05) is 13.2 Å². The number of nitrogens with one attached hydrogen (secondary N) is 2. The van der Waals surface area contributed by atoms with Gasteiger partial charge in [-0.3, -0.25) is 9.59 Å². The molecule has 2 bridgehead atoms. The van der Waals surface area contributed by atoms with E-state index in [2.05, 4.69) is 39.3 Å². The lowest BCUT2D eigenvalue weighted by atomic mass is 10.0. The zero-order valence-corrected chi connectivity index (χ0v) is 19.4. The molecular formula is C24H22IN3O4. The van der Waals surface area contributed by atoms with Crippen molar-refractivity contribution >= 4 is 34.4 Å². The average molecular weight is 543 g/mol. The molecule has 2 aliphatic heterocycles. The Balaban J connectivity index is 1.65. The van der Waals surface area contributed by atoms with Crippen LogP contribution in [0.4, 0.5) is 0 Å². The molecule has 0 aromatic heterocycles. The first-order chi connectivity index (χ1) is 15.5. The molecule has 0 saturated heterocycles. The van der Waals surface area contributed by atoms with Crippen molar-refractivity contribution in [1.29, 1.82) is 5.26 Å². The fraction of sp³-hybridized carbons (Fsp3) is 0.292. The number of amides is 2. The summed E-state index contributed by atoms with van der Waals surface area (Å²) in [5, 5.41) is 15.0. The maximum Gasteiger partial charge on any atom is 0.255 e. The molecule has 1 saturated carbocycles. The Morgan fingerprint density at radius 3 is 2.53 bits per heavy atom. The quantitative estimate of drug-likeness (QED) is 0.448. The number of halogens is 1. The van der Waals surface area contributed by atoms with Gasteiger partial charge in [-0.15, -0.1) is 0 Å². The largest absolute Gasteiger partial charge is 0.489 e. The van der Waals surface area contributed by atoms with E-state index in [0.717, 1.165) is 14.9 Å². The molecule has 2 aromatic rings. The fourth-order valence-electron chi connectivity index (χ4n) is 3.37. The first kappa shape index (κ1) is 22.1. The van der Waals surface area contributed by atoms with Crippen LogP contribution in [0.1, 0.15) is 28.8 Å². The maximum absolute atomic E-state index is 13.1. The highest BCUT2D eigenvalue weighted by Crippen LogP contribution is 2.34. The molecular weight excluding hydrogens is 521 g/mol. The van der Waals surface area contributed by atoms with Crippen LogP contribution in [-0.4, -0.2) is 36.6 Å². The van der Waals surface area contributed by atoms with Crippen molar-refractivity contribution < 1.29 is 19.1 Å². The molecule has 32 heavy (non-hydrogen) atoms. The third kappa shape index (κ3) is 5.22. The zero-order valence-electron chi connectivity index (χ0n) is 17.3. The van der Waals surface area contributed by atoms with E-state index in [4.69, 9.17) is 9.47 Å². The molecule has 2 aromatic carbocycles. The van der Waals surface area contributed by atoms with Crippen LogP contribution in [0.3, 0.4) is 0 Å². The highest BCUT2D eigenvalue weighted by atomic mass is 127. The van der Waals surface area contributed by atoms with E-state index >= 15 is 0 Å². The Bertz CT molecular complexity index is 1100. The van der Waals surface area contributed by atoms with Gasteiger partial charge >= 0.3 is 0 Å². The molecule has 1 aliphatic carbocycles. The van der Waals surface area contributed by atoms with E-state index in [1.807, 2.05) is 30.4 Å². The van der Waals surface area contributed by atoms with Crippen LogP contribution in [0.25, 0.3) is 0 Å². The smallest absolute Gasteiger partial charge is 0.255 e. The summed E-state index contributed by atoms with van der Waals surface area (Å²) < 4.78 is 12.5. The van der Waals surface area contributed by atoms with Gasteiger partial charge in [-0.2, -0.15) is 5.26 Å². The number of hydrogen-bond acceptors (Lipinski definition) is 5. The molecule has 0 unspecified atom stereocenters. The average Bonchev–Trinajstić information content (AvgIpc) is 3.56. The lowest BCUT2D eigenvalue weighted by molar-refractivity contribution is -0.123. The van der Waals surface area contributed by atoms with Crippen molar-refractivity contribution in [3.05, 3.63) is 69.3 Å². The van der Waals surface area contributed by atoms with Crippen LogP contribution >= 0.6 is 22.6 Å². The third-order valence-corrected chi connectivity index (χ3v) is 6.20. The Hall–Kier alpha value is -3.06. The SMILES string of the molecule is N#CC1(NC(=O)[C@@H]2Cc3ccc(c(I)c3)OC/C=C\COc3ccccc3C(=O)N2)CC1. The predicted octanol–water partition coefficient (Wildman–Crippen LogP) is 3.13. The van der Waals surface area contributed by atoms with Crippen molar-refractivity contribution in [2.45, 2.75) is 30.8 Å². The minimum Gasteiger partial charge on any atom is -0.489 e. The first-order valence-electron chi connectivity index (χ1n) is 10.3. The Morgan fingerprint density at radius 2 is 1.84 bits per heavy atom. The molecule has 5 rings (SSSR count). The van der Waals surface area contributed by atoms with Gasteiger partial charge in [0.2, 0.25) is 5.91 Å². The van der Waals surface area contributed by atoms with Gasteiger partial charge in [0.15, 0.2) is 0 Å². The van der Waals surface area contributed by atoms with Crippen molar-refractivity contribution in [2.24, 2.45) is 0 Å². The summed E-state index contributed by atoms with van der Waals surface area (Å²) in [5.74, 6) is 0.377. The summed E-state index contributed by atoms with van der Waals surface area (Å²) in [5.41, 5.74) is 0.390. The number of para-hydroxylation sites is 1. The standard InChI is InChI=1S/C24H22IN3O4/c25-18-13-16-7-8-21(18)32-12-4-3-11-31-20-6-2-1-5-17(20)22(29)27-19(14-16)23(30)28-24(15-26)9-10-24/h1-8,13,19H,9-12,14H2,(H,27,29)(H,28,30)/b4-3-/t19-/m0/s1. The van der Waals surface area contributed by atoms with Gasteiger partial charge in [-0.25, -0.2) is 0 Å². The second-order valence-corrected chi connectivity index (χ2v) is 8.93. The van der Waals surface area contributed by atoms with E-state index in [-0.39, 0.29) is 18.9 Å². The van der Waals surface area contributed by atoms with Gasteiger partial charge in [0.25, 0.3) is 5.91 Å². The molecule has 3 aliphatic rings. The van der Waals surface area contributed by atoms with Gasteiger partial charge in [0.05, 0.1) is 15.2 Å². The molecule has 0 spiro atoms. The number of rotatable bonds is 2. The van der Waals surface area contributed by atoms with Gasteiger partial charge in [0.1, 0.15) is 36.3 Å². The normalized spacial score (nSPS) is 20.5. The van der Waals surface area contributed by atoms with Gasteiger partial charge in [0, 0.05) is 6.42 Å². The van der Waals surface area contributed by atoms with Crippen LogP contribution in [0.5, 0.6) is 11.5 Å². The Kier molecular flexibility index (Phi) is 6.65. The summed E-state index contributed by atoms with van der Waals surface area (Å²) in [6.45, 7) is 0.667. The van der Waals surface area contributed by atoms with E-state index in [9.17, 15) is 14.9 Å². The molecule has 1 fully saturated rings. The number of carbonyl (C=O) groups is 2.